The minimum absolute atomic E-state index is 0.309. The molecule has 0 amide bonds. The highest BCUT2D eigenvalue weighted by molar-refractivity contribution is 9.10. The number of hydrogen-bond acceptors (Lipinski definition) is 2. The summed E-state index contributed by atoms with van der Waals surface area (Å²) in [5, 5.41) is 8.31. The second-order valence-electron chi connectivity index (χ2n) is 2.14. The maximum atomic E-state index is 10.1. The van der Waals surface area contributed by atoms with Crippen molar-refractivity contribution in [1.82, 2.24) is 0 Å². The number of halogens is 1. The molecule has 12 heavy (non-hydrogen) atoms. The van der Waals surface area contributed by atoms with E-state index in [-0.39, 0.29) is 6.61 Å². The molecular formula is C8H7BrO3. The van der Waals surface area contributed by atoms with Gasteiger partial charge in [-0.25, -0.2) is 4.79 Å². The van der Waals surface area contributed by atoms with Gasteiger partial charge in [-0.3, -0.25) is 0 Å². The Balaban J connectivity index is 2.57. The van der Waals surface area contributed by atoms with Gasteiger partial charge < -0.3 is 9.84 Å². The van der Waals surface area contributed by atoms with Gasteiger partial charge >= 0.3 is 5.97 Å². The number of hydrogen-bond donors (Lipinski definition) is 1. The smallest absolute Gasteiger partial charge is 0.341 e. The Morgan fingerprint density at radius 3 is 2.92 bits per heavy atom. The van der Waals surface area contributed by atoms with Crippen LogP contribution in [0.25, 0.3) is 0 Å². The van der Waals surface area contributed by atoms with Crippen LogP contribution in [0.2, 0.25) is 0 Å². The molecule has 0 fully saturated rings. The summed E-state index contributed by atoms with van der Waals surface area (Å²) in [5.41, 5.74) is 0. The minimum atomic E-state index is -0.977. The molecule has 0 aliphatic carbocycles. The van der Waals surface area contributed by atoms with E-state index in [1.165, 1.54) is 0 Å². The van der Waals surface area contributed by atoms with Crippen LogP contribution in [0.3, 0.4) is 0 Å². The van der Waals surface area contributed by atoms with Crippen molar-refractivity contribution < 1.29 is 14.6 Å². The molecule has 0 bridgehead atoms. The predicted octanol–water partition coefficient (Wildman–Crippen LogP) is 1.91. The zero-order valence-electron chi connectivity index (χ0n) is 6.16. The normalized spacial score (nSPS) is 9.42. The monoisotopic (exact) mass is 230 g/mol. The minimum Gasteiger partial charge on any atom is -0.482 e. The molecule has 0 radical (unpaired) electrons. The number of carboxylic acids is 1. The largest absolute Gasteiger partial charge is 0.482 e. The van der Waals surface area contributed by atoms with Gasteiger partial charge in [0.25, 0.3) is 0 Å². The number of benzene rings is 1. The van der Waals surface area contributed by atoms with Crippen molar-refractivity contribution in [2.24, 2.45) is 0 Å². The summed E-state index contributed by atoms with van der Waals surface area (Å²) < 4.78 is 5.78. The van der Waals surface area contributed by atoms with Crippen LogP contribution in [-0.2, 0) is 4.79 Å². The number of carbonyl (C=O) groups is 1. The fourth-order valence-electron chi connectivity index (χ4n) is 0.702. The van der Waals surface area contributed by atoms with Crippen molar-refractivity contribution in [2.45, 2.75) is 0 Å². The van der Waals surface area contributed by atoms with Gasteiger partial charge in [-0.1, -0.05) is 22.0 Å². The van der Waals surface area contributed by atoms with Crippen LogP contribution in [0.15, 0.2) is 28.7 Å². The summed E-state index contributed by atoms with van der Waals surface area (Å²) in [4.78, 5) is 10.1. The van der Waals surface area contributed by atoms with E-state index < -0.39 is 5.97 Å². The molecule has 1 aromatic rings. The quantitative estimate of drug-likeness (QED) is 0.864. The Hall–Kier alpha value is -1.03. The highest BCUT2D eigenvalue weighted by atomic mass is 79.9. The van der Waals surface area contributed by atoms with Crippen molar-refractivity contribution in [3.63, 3.8) is 0 Å². The molecule has 64 valence electrons. The van der Waals surface area contributed by atoms with E-state index in [0.29, 0.717) is 5.75 Å². The molecule has 0 aliphatic heterocycles. The third kappa shape index (κ3) is 2.92. The number of rotatable bonds is 3. The first-order valence-electron chi connectivity index (χ1n) is 3.28. The molecule has 1 N–H and O–H groups in total. The molecule has 4 heteroatoms. The molecule has 1 rings (SSSR count). The van der Waals surface area contributed by atoms with Crippen LogP contribution < -0.4 is 4.74 Å². The Morgan fingerprint density at radius 2 is 2.33 bits per heavy atom. The first kappa shape index (κ1) is 9.06. The number of aliphatic carboxylic acids is 1. The molecular weight excluding hydrogens is 224 g/mol. The van der Waals surface area contributed by atoms with Gasteiger partial charge in [-0.05, 0) is 18.2 Å². The van der Waals surface area contributed by atoms with Gasteiger partial charge in [0.15, 0.2) is 6.61 Å². The van der Waals surface area contributed by atoms with Gasteiger partial charge in [0.1, 0.15) is 5.75 Å². The molecule has 0 atom stereocenters. The Morgan fingerprint density at radius 1 is 1.58 bits per heavy atom. The number of carboxylic acid groups (broad SMARTS) is 1. The third-order valence-corrected chi connectivity index (χ3v) is 1.65. The summed E-state index contributed by atoms with van der Waals surface area (Å²) in [6.45, 7) is -0.309. The van der Waals surface area contributed by atoms with Gasteiger partial charge in [0.05, 0.1) is 0 Å². The fraction of sp³-hybridized carbons (Fsp3) is 0.125. The van der Waals surface area contributed by atoms with Crippen LogP contribution in [-0.4, -0.2) is 17.7 Å². The van der Waals surface area contributed by atoms with Crippen LogP contribution in [0, 0.1) is 0 Å². The lowest BCUT2D eigenvalue weighted by Gasteiger charge is -2.01. The van der Waals surface area contributed by atoms with Crippen LogP contribution in [0.4, 0.5) is 0 Å². The van der Waals surface area contributed by atoms with Crippen LogP contribution in [0.1, 0.15) is 0 Å². The Labute approximate surface area is 78.1 Å². The molecule has 0 unspecified atom stereocenters. The molecule has 0 spiro atoms. The van der Waals surface area contributed by atoms with Crippen molar-refractivity contribution in [3.05, 3.63) is 28.7 Å². The van der Waals surface area contributed by atoms with Crippen molar-refractivity contribution in [2.75, 3.05) is 6.61 Å². The molecule has 1 aromatic carbocycles. The maximum absolute atomic E-state index is 10.1. The molecule has 3 nitrogen and oxygen atoms in total. The van der Waals surface area contributed by atoms with Crippen LogP contribution in [0.5, 0.6) is 5.75 Å². The van der Waals surface area contributed by atoms with E-state index in [2.05, 4.69) is 15.9 Å². The van der Waals surface area contributed by atoms with Gasteiger partial charge in [0.2, 0.25) is 0 Å². The number of ether oxygens (including phenoxy) is 1. The lowest BCUT2D eigenvalue weighted by Crippen LogP contribution is -2.09. The topological polar surface area (TPSA) is 46.5 Å². The SMILES string of the molecule is O=C(O)COc1cccc(Br)c1. The lowest BCUT2D eigenvalue weighted by molar-refractivity contribution is -0.139. The van der Waals surface area contributed by atoms with Crippen molar-refractivity contribution >= 4 is 21.9 Å². The summed E-state index contributed by atoms with van der Waals surface area (Å²) in [6, 6.07) is 7.03. The molecule has 0 aromatic heterocycles. The lowest BCUT2D eigenvalue weighted by atomic mass is 10.3. The zero-order valence-corrected chi connectivity index (χ0v) is 7.74. The predicted molar refractivity (Wildman–Crippen MR) is 47.3 cm³/mol. The van der Waals surface area contributed by atoms with E-state index in [0.717, 1.165) is 4.47 Å². The highest BCUT2D eigenvalue weighted by Gasteiger charge is 1.98. The molecule has 0 heterocycles. The average Bonchev–Trinajstić information content (AvgIpc) is 2.01. The standard InChI is InChI=1S/C8H7BrO3/c9-6-2-1-3-7(4-6)12-5-8(10)11/h1-4H,5H2,(H,10,11). The Kier molecular flexibility index (Phi) is 3.10. The van der Waals surface area contributed by atoms with Gasteiger partial charge in [0, 0.05) is 4.47 Å². The third-order valence-electron chi connectivity index (χ3n) is 1.16. The highest BCUT2D eigenvalue weighted by Crippen LogP contribution is 2.17. The van der Waals surface area contributed by atoms with Crippen molar-refractivity contribution in [1.29, 1.82) is 0 Å². The Bertz CT molecular complexity index is 285. The summed E-state index contributed by atoms with van der Waals surface area (Å²) in [5.74, 6) is -0.429. The van der Waals surface area contributed by atoms with Crippen molar-refractivity contribution in [3.8, 4) is 5.75 Å². The second kappa shape index (κ2) is 4.11. The zero-order chi connectivity index (χ0) is 8.97. The van der Waals surface area contributed by atoms with E-state index in [1.54, 1.807) is 18.2 Å². The van der Waals surface area contributed by atoms with Gasteiger partial charge in [-0.15, -0.1) is 0 Å². The van der Waals surface area contributed by atoms with E-state index in [1.807, 2.05) is 6.07 Å². The molecule has 0 aliphatic rings. The fourth-order valence-corrected chi connectivity index (χ4v) is 1.08. The first-order chi connectivity index (χ1) is 5.68. The summed E-state index contributed by atoms with van der Waals surface area (Å²) >= 11 is 3.24. The summed E-state index contributed by atoms with van der Waals surface area (Å²) in [6.07, 6.45) is 0. The molecule has 0 saturated carbocycles. The average molecular weight is 231 g/mol. The summed E-state index contributed by atoms with van der Waals surface area (Å²) in [7, 11) is 0. The van der Waals surface area contributed by atoms with E-state index in [9.17, 15) is 4.79 Å². The van der Waals surface area contributed by atoms with E-state index in [4.69, 9.17) is 9.84 Å². The second-order valence-corrected chi connectivity index (χ2v) is 3.06. The first-order valence-corrected chi connectivity index (χ1v) is 4.08. The van der Waals surface area contributed by atoms with E-state index >= 15 is 0 Å². The van der Waals surface area contributed by atoms with Crippen LogP contribution >= 0.6 is 15.9 Å². The maximum Gasteiger partial charge on any atom is 0.341 e. The molecule has 0 saturated heterocycles. The van der Waals surface area contributed by atoms with Gasteiger partial charge in [-0.2, -0.15) is 0 Å².